The van der Waals surface area contributed by atoms with Gasteiger partial charge in [-0.25, -0.2) is 14.8 Å². The Morgan fingerprint density at radius 1 is 1.18 bits per heavy atom. The molecule has 0 amide bonds. The van der Waals surface area contributed by atoms with E-state index in [-0.39, 0.29) is 24.5 Å². The van der Waals surface area contributed by atoms with Crippen LogP contribution in [-0.4, -0.2) is 52.6 Å². The molecule has 1 aliphatic heterocycles. The Hall–Kier alpha value is -4.06. The van der Waals surface area contributed by atoms with E-state index in [2.05, 4.69) is 15.9 Å². The molecular weight excluding hydrogens is 550 g/mol. The van der Waals surface area contributed by atoms with Crippen LogP contribution in [0.4, 0.5) is 11.5 Å². The van der Waals surface area contributed by atoms with Crippen molar-refractivity contribution >= 4 is 34.9 Å². The van der Waals surface area contributed by atoms with Crippen molar-refractivity contribution in [1.29, 1.82) is 5.26 Å². The average molecular weight is 574 g/mol. The van der Waals surface area contributed by atoms with Crippen molar-refractivity contribution < 1.29 is 19.4 Å². The third kappa shape index (κ3) is 5.91. The predicted molar refractivity (Wildman–Crippen MR) is 153 cm³/mol. The van der Waals surface area contributed by atoms with Crippen molar-refractivity contribution in [2.45, 2.75) is 23.3 Å². The Balaban J connectivity index is 1.52. The number of aromatic nitrogens is 2. The second-order valence-electron chi connectivity index (χ2n) is 8.99. The number of thioether (sulfide) groups is 1. The van der Waals surface area contributed by atoms with E-state index in [0.29, 0.717) is 69.6 Å². The molecule has 0 radical (unpaired) electrons. The Labute approximate surface area is 240 Å². The Bertz CT molecular complexity index is 1580. The van der Waals surface area contributed by atoms with Crippen LogP contribution in [-0.2, 0) is 5.75 Å². The van der Waals surface area contributed by atoms with Crippen LogP contribution >= 0.6 is 23.4 Å². The number of ether oxygens (including phenoxy) is 1. The number of pyridine rings is 1. The van der Waals surface area contributed by atoms with Gasteiger partial charge in [-0.3, -0.25) is 0 Å². The lowest BCUT2D eigenvalue weighted by molar-refractivity contribution is 0.198. The number of aliphatic hydroxyl groups is 2. The number of β-amino-alcohol motifs (C(OH)–C–C–N with tert-alkyl or cyclic N) is 1. The maximum Gasteiger partial charge on any atom is 0.237 e. The summed E-state index contributed by atoms with van der Waals surface area (Å²) in [6.07, 6.45) is 1.63. The minimum Gasteiger partial charge on any atom is -0.491 e. The van der Waals surface area contributed by atoms with Gasteiger partial charge in [0.15, 0.2) is 0 Å². The summed E-state index contributed by atoms with van der Waals surface area (Å²) in [5.74, 6) is 1.84. The van der Waals surface area contributed by atoms with Crippen LogP contribution in [0.25, 0.3) is 27.4 Å². The highest BCUT2D eigenvalue weighted by atomic mass is 35.5. The summed E-state index contributed by atoms with van der Waals surface area (Å²) in [7, 11) is 0. The van der Waals surface area contributed by atoms with Gasteiger partial charge < -0.3 is 24.3 Å². The van der Waals surface area contributed by atoms with Crippen molar-refractivity contribution in [3.63, 3.8) is 0 Å². The molecule has 9 nitrogen and oxygen atoms in total. The van der Waals surface area contributed by atoms with E-state index in [0.717, 1.165) is 5.56 Å². The van der Waals surface area contributed by atoms with Gasteiger partial charge in [0.25, 0.3) is 0 Å². The Morgan fingerprint density at radius 2 is 1.93 bits per heavy atom. The van der Waals surface area contributed by atoms with Gasteiger partial charge in [0.05, 0.1) is 30.5 Å². The molecule has 5 rings (SSSR count). The molecule has 11 heteroatoms. The normalized spacial score (nSPS) is 14.6. The highest BCUT2D eigenvalue weighted by Crippen LogP contribution is 2.45. The number of nitrogens with zero attached hydrogens (tertiary/aromatic N) is 5. The molecule has 2 aromatic heterocycles. The van der Waals surface area contributed by atoms with Crippen molar-refractivity contribution in [2.75, 3.05) is 31.2 Å². The third-order valence-corrected chi connectivity index (χ3v) is 7.57. The number of oxazole rings is 1. The summed E-state index contributed by atoms with van der Waals surface area (Å²) in [5.41, 5.74) is 3.13. The SMILES string of the molecule is [C-]#[N+]c1c(N2CC[C@@H](O)C2)nc(SCc2coc(-c3ccc(Cl)cc3)n2)c(C#N)c1-c1ccc(OCCO)cc1. The first kappa shape index (κ1) is 27.5. The number of aliphatic hydroxyl groups excluding tert-OH is 2. The molecule has 4 aromatic rings. The van der Waals surface area contributed by atoms with Crippen LogP contribution in [0.2, 0.25) is 5.02 Å². The Morgan fingerprint density at radius 3 is 2.58 bits per heavy atom. The monoisotopic (exact) mass is 573 g/mol. The molecule has 1 atom stereocenters. The first-order chi connectivity index (χ1) is 19.5. The third-order valence-electron chi connectivity index (χ3n) is 6.31. The van der Waals surface area contributed by atoms with Crippen LogP contribution < -0.4 is 9.64 Å². The summed E-state index contributed by atoms with van der Waals surface area (Å²) < 4.78 is 11.1. The van der Waals surface area contributed by atoms with Gasteiger partial charge >= 0.3 is 0 Å². The van der Waals surface area contributed by atoms with E-state index < -0.39 is 6.10 Å². The fraction of sp³-hybridized carbons (Fsp3) is 0.241. The van der Waals surface area contributed by atoms with Gasteiger partial charge in [0.2, 0.25) is 11.6 Å². The molecule has 0 bridgehead atoms. The zero-order chi connectivity index (χ0) is 28.1. The fourth-order valence-corrected chi connectivity index (χ4v) is 5.40. The number of hydrogen-bond acceptors (Lipinski definition) is 9. The molecule has 202 valence electrons. The average Bonchev–Trinajstić information content (AvgIpc) is 3.64. The van der Waals surface area contributed by atoms with E-state index in [1.807, 2.05) is 17.0 Å². The first-order valence-electron chi connectivity index (χ1n) is 12.5. The molecule has 3 heterocycles. The minimum atomic E-state index is -0.514. The van der Waals surface area contributed by atoms with Gasteiger partial charge in [0, 0.05) is 35.0 Å². The number of anilines is 1. The number of benzene rings is 2. The summed E-state index contributed by atoms with van der Waals surface area (Å²) >= 11 is 7.32. The fourth-order valence-electron chi connectivity index (χ4n) is 4.41. The van der Waals surface area contributed by atoms with Crippen LogP contribution in [0.5, 0.6) is 5.75 Å². The van der Waals surface area contributed by atoms with Crippen LogP contribution in [0.3, 0.4) is 0 Å². The highest BCUT2D eigenvalue weighted by molar-refractivity contribution is 7.98. The summed E-state index contributed by atoms with van der Waals surface area (Å²) in [6.45, 7) is 8.95. The molecule has 40 heavy (non-hydrogen) atoms. The maximum absolute atomic E-state index is 10.3. The predicted octanol–water partition coefficient (Wildman–Crippen LogP) is 5.71. The van der Waals surface area contributed by atoms with Crippen molar-refractivity contribution in [1.82, 2.24) is 9.97 Å². The van der Waals surface area contributed by atoms with Gasteiger partial charge in [-0.15, -0.1) is 0 Å². The van der Waals surface area contributed by atoms with E-state index >= 15 is 0 Å². The molecule has 2 N–H and O–H groups in total. The topological polar surface area (TPSA) is 120 Å². The zero-order valence-electron chi connectivity index (χ0n) is 21.2. The molecular formula is C29H24ClN5O4S. The standard InChI is InChI=1S/C29H24ClN5O4S/c1-32-26-25(18-4-8-23(9-5-18)38-13-12-36)24(14-31)29(34-27(26)35-11-10-22(37)15-35)40-17-21-16-39-28(33-21)19-2-6-20(30)7-3-19/h2-9,16,22,36-37H,10-13,15,17H2/t22-/m1/s1. The lowest BCUT2D eigenvalue weighted by Crippen LogP contribution is -2.23. The molecule has 2 aromatic carbocycles. The zero-order valence-corrected chi connectivity index (χ0v) is 22.8. The largest absolute Gasteiger partial charge is 0.491 e. The summed E-state index contributed by atoms with van der Waals surface area (Å²) in [6, 6.07) is 16.5. The lowest BCUT2D eigenvalue weighted by Gasteiger charge is -2.22. The van der Waals surface area contributed by atoms with Crippen molar-refractivity contribution in [2.24, 2.45) is 0 Å². The quantitative estimate of drug-likeness (QED) is 0.191. The van der Waals surface area contributed by atoms with E-state index in [1.165, 1.54) is 11.8 Å². The van der Waals surface area contributed by atoms with Gasteiger partial charge in [-0.2, -0.15) is 5.26 Å². The molecule has 0 spiro atoms. The Kier molecular flexibility index (Phi) is 8.54. The number of hydrogen-bond donors (Lipinski definition) is 2. The van der Waals surface area contributed by atoms with E-state index in [1.54, 1.807) is 42.7 Å². The molecule has 1 aliphatic rings. The molecule has 0 unspecified atom stereocenters. The van der Waals surface area contributed by atoms with Gasteiger partial charge in [-0.1, -0.05) is 35.5 Å². The molecule has 0 aliphatic carbocycles. The van der Waals surface area contributed by atoms with Gasteiger partial charge in [-0.05, 0) is 48.4 Å². The molecule has 1 fully saturated rings. The van der Waals surface area contributed by atoms with Crippen LogP contribution in [0.1, 0.15) is 17.7 Å². The second kappa shape index (κ2) is 12.4. The second-order valence-corrected chi connectivity index (χ2v) is 10.4. The summed E-state index contributed by atoms with van der Waals surface area (Å²) in [5, 5.41) is 30.6. The lowest BCUT2D eigenvalue weighted by atomic mass is 9.99. The smallest absolute Gasteiger partial charge is 0.237 e. The number of nitriles is 1. The van der Waals surface area contributed by atoms with Crippen molar-refractivity contribution in [3.8, 4) is 34.4 Å². The first-order valence-corrected chi connectivity index (χ1v) is 13.8. The van der Waals surface area contributed by atoms with Crippen LogP contribution in [0.15, 0.2) is 64.2 Å². The van der Waals surface area contributed by atoms with Crippen molar-refractivity contribution in [3.05, 3.63) is 82.5 Å². The number of halogens is 1. The summed E-state index contributed by atoms with van der Waals surface area (Å²) in [4.78, 5) is 15.0. The van der Waals surface area contributed by atoms with E-state index in [4.69, 9.17) is 37.4 Å². The molecule has 0 saturated carbocycles. The van der Waals surface area contributed by atoms with E-state index in [9.17, 15) is 10.4 Å². The minimum absolute atomic E-state index is 0.106. The van der Waals surface area contributed by atoms with Crippen LogP contribution in [0, 0.1) is 17.9 Å². The van der Waals surface area contributed by atoms with Gasteiger partial charge in [0.1, 0.15) is 35.5 Å². The maximum atomic E-state index is 10.3. The molecule has 1 saturated heterocycles. The highest BCUT2D eigenvalue weighted by Gasteiger charge is 2.29. The number of rotatable bonds is 9.